The van der Waals surface area contributed by atoms with Crippen LogP contribution in [0.1, 0.15) is 25.7 Å². The van der Waals surface area contributed by atoms with Crippen LogP contribution < -0.4 is 0 Å². The van der Waals surface area contributed by atoms with Gasteiger partial charge in [-0.05, 0) is 36.8 Å². The third kappa shape index (κ3) is 3.71. The second kappa shape index (κ2) is 6.95. The molecule has 4 nitrogen and oxygen atoms in total. The maximum atomic E-state index is 12.3. The van der Waals surface area contributed by atoms with Gasteiger partial charge < -0.3 is 9.64 Å². The van der Waals surface area contributed by atoms with Crippen molar-refractivity contribution in [3.8, 4) is 0 Å². The number of piperidine rings is 1. The number of hydrogen-bond acceptors (Lipinski definition) is 4. The van der Waals surface area contributed by atoms with Crippen molar-refractivity contribution in [3.05, 3.63) is 30.3 Å². The second-order valence-corrected chi connectivity index (χ2v) is 7.60. The molecule has 0 bridgehead atoms. The minimum Gasteiger partial charge on any atom is -0.469 e. The molecule has 0 aromatic heterocycles. The van der Waals surface area contributed by atoms with Gasteiger partial charge in [0.25, 0.3) is 0 Å². The van der Waals surface area contributed by atoms with Crippen molar-refractivity contribution < 1.29 is 14.3 Å². The maximum Gasteiger partial charge on any atom is 0.309 e. The zero-order valence-electron chi connectivity index (χ0n) is 13.5. The largest absolute Gasteiger partial charge is 0.469 e. The lowest BCUT2D eigenvalue weighted by Crippen LogP contribution is -2.40. The van der Waals surface area contributed by atoms with Gasteiger partial charge in [-0.25, -0.2) is 0 Å². The summed E-state index contributed by atoms with van der Waals surface area (Å²) in [6.45, 7) is 1.56. The lowest BCUT2D eigenvalue weighted by atomic mass is 9.90. The molecule has 1 aromatic rings. The molecule has 5 heteroatoms. The van der Waals surface area contributed by atoms with Gasteiger partial charge in [-0.2, -0.15) is 0 Å². The van der Waals surface area contributed by atoms with Gasteiger partial charge in [0.2, 0.25) is 5.91 Å². The number of amides is 1. The van der Waals surface area contributed by atoms with E-state index >= 15 is 0 Å². The molecule has 1 heterocycles. The van der Waals surface area contributed by atoms with E-state index in [-0.39, 0.29) is 23.2 Å². The molecule has 1 amide bonds. The zero-order valence-corrected chi connectivity index (χ0v) is 14.3. The number of ether oxygens (including phenoxy) is 1. The second-order valence-electron chi connectivity index (χ2n) is 6.43. The van der Waals surface area contributed by atoms with Crippen LogP contribution in [0, 0.1) is 11.3 Å². The lowest BCUT2D eigenvalue weighted by molar-refractivity contribution is -0.143. The van der Waals surface area contributed by atoms with Crippen molar-refractivity contribution >= 4 is 23.6 Å². The first-order valence-electron chi connectivity index (χ1n) is 8.18. The van der Waals surface area contributed by atoms with Crippen LogP contribution >= 0.6 is 11.8 Å². The molecule has 2 aliphatic rings. The van der Waals surface area contributed by atoms with Crippen LogP contribution in [0.2, 0.25) is 0 Å². The Kier molecular flexibility index (Phi) is 4.95. The molecular weight excluding hydrogens is 310 g/mol. The maximum absolute atomic E-state index is 12.3. The highest BCUT2D eigenvalue weighted by molar-refractivity contribution is 7.99. The zero-order chi connectivity index (χ0) is 16.3. The van der Waals surface area contributed by atoms with Crippen LogP contribution in [0.3, 0.4) is 0 Å². The number of rotatable bonds is 5. The quantitative estimate of drug-likeness (QED) is 0.614. The molecule has 2 fully saturated rings. The highest BCUT2D eigenvalue weighted by atomic mass is 32.2. The summed E-state index contributed by atoms with van der Waals surface area (Å²) in [6, 6.07) is 10.2. The lowest BCUT2D eigenvalue weighted by Gasteiger charge is -2.32. The number of nitrogens with zero attached hydrogens (tertiary/aromatic N) is 1. The standard InChI is InChI=1S/C18H23NO3S/c1-22-17(21)15-13-18(15)8-10-19(11-9-18)16(20)7-12-23-14-5-3-2-4-6-14/h2-6,15H,7-13H2,1H3. The third-order valence-electron chi connectivity index (χ3n) is 5.12. The summed E-state index contributed by atoms with van der Waals surface area (Å²) < 4.78 is 4.85. The number of methoxy groups -OCH3 is 1. The Labute approximate surface area is 141 Å². The molecule has 1 aliphatic heterocycles. The van der Waals surface area contributed by atoms with E-state index in [9.17, 15) is 9.59 Å². The Morgan fingerprint density at radius 3 is 2.61 bits per heavy atom. The van der Waals surface area contributed by atoms with E-state index in [4.69, 9.17) is 4.74 Å². The van der Waals surface area contributed by atoms with Crippen molar-refractivity contribution in [1.29, 1.82) is 0 Å². The Hall–Kier alpha value is -1.49. The third-order valence-corrected chi connectivity index (χ3v) is 6.13. The molecule has 1 saturated heterocycles. The fourth-order valence-electron chi connectivity index (χ4n) is 3.51. The van der Waals surface area contributed by atoms with E-state index in [1.165, 1.54) is 12.0 Å². The van der Waals surface area contributed by atoms with E-state index in [1.807, 2.05) is 23.1 Å². The van der Waals surface area contributed by atoms with Gasteiger partial charge >= 0.3 is 5.97 Å². The summed E-state index contributed by atoms with van der Waals surface area (Å²) in [5, 5.41) is 0. The van der Waals surface area contributed by atoms with Crippen molar-refractivity contribution in [2.24, 2.45) is 11.3 Å². The molecule has 1 spiro atoms. The predicted octanol–water partition coefficient (Wildman–Crippen LogP) is 2.97. The number of thioether (sulfide) groups is 1. The van der Waals surface area contributed by atoms with Crippen LogP contribution in [-0.4, -0.2) is 42.7 Å². The average molecular weight is 333 g/mol. The minimum atomic E-state index is -0.0796. The Bertz CT molecular complexity index is 567. The molecular formula is C18H23NO3S. The van der Waals surface area contributed by atoms with E-state index in [2.05, 4.69) is 12.1 Å². The molecule has 23 heavy (non-hydrogen) atoms. The van der Waals surface area contributed by atoms with Crippen molar-refractivity contribution in [2.45, 2.75) is 30.6 Å². The fraction of sp³-hybridized carbons (Fsp3) is 0.556. The molecule has 1 unspecified atom stereocenters. The van der Waals surface area contributed by atoms with E-state index in [0.29, 0.717) is 6.42 Å². The molecule has 1 atom stereocenters. The van der Waals surface area contributed by atoms with E-state index < -0.39 is 0 Å². The number of carbonyl (C=O) groups excluding carboxylic acids is 2. The summed E-state index contributed by atoms with van der Waals surface area (Å²) in [6.07, 6.45) is 3.38. The van der Waals surface area contributed by atoms with E-state index in [1.54, 1.807) is 11.8 Å². The van der Waals surface area contributed by atoms with Crippen molar-refractivity contribution in [2.75, 3.05) is 26.0 Å². The normalized spacial score (nSPS) is 22.0. The molecule has 1 aliphatic carbocycles. The van der Waals surface area contributed by atoms with Crippen LogP contribution in [-0.2, 0) is 14.3 Å². The van der Waals surface area contributed by atoms with Gasteiger partial charge in [-0.15, -0.1) is 11.8 Å². The smallest absolute Gasteiger partial charge is 0.309 e. The predicted molar refractivity (Wildman–Crippen MR) is 90.2 cm³/mol. The first kappa shape index (κ1) is 16.4. The highest BCUT2D eigenvalue weighted by Crippen LogP contribution is 2.59. The summed E-state index contributed by atoms with van der Waals surface area (Å²) in [7, 11) is 1.46. The Balaban J connectivity index is 1.40. The molecule has 124 valence electrons. The minimum absolute atomic E-state index is 0.0680. The highest BCUT2D eigenvalue weighted by Gasteiger charge is 2.59. The SMILES string of the molecule is COC(=O)C1CC12CCN(C(=O)CCSc1ccccc1)CC2. The first-order valence-corrected chi connectivity index (χ1v) is 9.17. The monoisotopic (exact) mass is 333 g/mol. The Morgan fingerprint density at radius 1 is 1.26 bits per heavy atom. The summed E-state index contributed by atoms with van der Waals surface area (Å²) >= 11 is 1.72. The fourth-order valence-corrected chi connectivity index (χ4v) is 4.37. The Morgan fingerprint density at radius 2 is 1.96 bits per heavy atom. The van der Waals surface area contributed by atoms with Crippen molar-refractivity contribution in [1.82, 2.24) is 4.90 Å². The van der Waals surface area contributed by atoms with Crippen LogP contribution in [0.25, 0.3) is 0 Å². The number of esters is 1. The number of hydrogen-bond donors (Lipinski definition) is 0. The molecule has 1 saturated carbocycles. The van der Waals surface area contributed by atoms with Gasteiger partial charge in [0.1, 0.15) is 0 Å². The van der Waals surface area contributed by atoms with Crippen LogP contribution in [0.15, 0.2) is 35.2 Å². The van der Waals surface area contributed by atoms with Gasteiger partial charge in [0, 0.05) is 30.2 Å². The average Bonchev–Trinajstić information content (AvgIpc) is 3.29. The summed E-state index contributed by atoms with van der Waals surface area (Å²) in [5.41, 5.74) is 0.128. The van der Waals surface area contributed by atoms with Gasteiger partial charge in [-0.3, -0.25) is 9.59 Å². The molecule has 0 radical (unpaired) electrons. The molecule has 3 rings (SSSR count). The van der Waals surface area contributed by atoms with Crippen LogP contribution in [0.5, 0.6) is 0 Å². The summed E-state index contributed by atoms with van der Waals surface area (Å²) in [4.78, 5) is 27.1. The van der Waals surface area contributed by atoms with E-state index in [0.717, 1.165) is 38.1 Å². The van der Waals surface area contributed by atoms with Gasteiger partial charge in [0.05, 0.1) is 13.0 Å². The number of benzene rings is 1. The molecule has 1 aromatic carbocycles. The summed E-state index contributed by atoms with van der Waals surface area (Å²) in [5.74, 6) is 1.04. The van der Waals surface area contributed by atoms with Gasteiger partial charge in [-0.1, -0.05) is 18.2 Å². The van der Waals surface area contributed by atoms with Gasteiger partial charge in [0.15, 0.2) is 0 Å². The molecule has 0 N–H and O–H groups in total. The topological polar surface area (TPSA) is 46.6 Å². The van der Waals surface area contributed by atoms with Crippen molar-refractivity contribution in [3.63, 3.8) is 0 Å². The number of likely N-dealkylation sites (tertiary alicyclic amines) is 1. The van der Waals surface area contributed by atoms with Crippen LogP contribution in [0.4, 0.5) is 0 Å². The number of carbonyl (C=O) groups is 2. The first-order chi connectivity index (χ1) is 11.1.